The summed E-state index contributed by atoms with van der Waals surface area (Å²) in [5, 5.41) is 6.90. The van der Waals surface area contributed by atoms with E-state index in [1.165, 1.54) is 27.1 Å². The molecular weight excluding hydrogens is 533 g/mol. The summed E-state index contributed by atoms with van der Waals surface area (Å²) in [7, 11) is -1.38. The van der Waals surface area contributed by atoms with E-state index in [4.69, 9.17) is 17.9 Å². The zero-order valence-corrected chi connectivity index (χ0v) is 24.1. The van der Waals surface area contributed by atoms with E-state index < -0.39 is 8.16 Å². The Morgan fingerprint density at radius 2 is 1.46 bits per heavy atom. The van der Waals surface area contributed by atoms with E-state index >= 15 is 0 Å². The average Bonchev–Trinajstić information content (AvgIpc) is 3.16. The van der Waals surface area contributed by atoms with Gasteiger partial charge >= 0.3 is 14.1 Å². The fourth-order valence-corrected chi connectivity index (χ4v) is 8.04. The Kier molecular flexibility index (Phi) is 7.30. The molecule has 0 amide bonds. The smallest absolute Gasteiger partial charge is 0.309 e. The van der Waals surface area contributed by atoms with Gasteiger partial charge in [0.15, 0.2) is 0 Å². The molecule has 2 bridgehead atoms. The number of allylic oxidation sites excluding steroid dienone is 1. The van der Waals surface area contributed by atoms with Crippen LogP contribution in [0.4, 0.5) is 0 Å². The Bertz CT molecular complexity index is 1710. The van der Waals surface area contributed by atoms with E-state index in [1.54, 1.807) is 0 Å². The Hall–Kier alpha value is -3.57. The molecular formula is C34H34NO5P. The van der Waals surface area contributed by atoms with Crippen LogP contribution in [-0.4, -0.2) is 38.9 Å². The first-order valence-corrected chi connectivity index (χ1v) is 15.7. The van der Waals surface area contributed by atoms with Crippen LogP contribution in [0.5, 0.6) is 0 Å². The van der Waals surface area contributed by atoms with Gasteiger partial charge in [0.2, 0.25) is 0 Å². The number of hydrogen-bond acceptors (Lipinski definition) is 6. The SMILES string of the molecule is CCOC(=O)CCCC=C1C2COCC1CN(p1oc3ccc4ccccc4c3c3c(ccc4ccccc43)o1)C2. The van der Waals surface area contributed by atoms with E-state index in [0.717, 1.165) is 47.9 Å². The molecule has 3 heterocycles. The topological polar surface area (TPSA) is 65.1 Å². The van der Waals surface area contributed by atoms with Crippen LogP contribution >= 0.6 is 8.16 Å². The van der Waals surface area contributed by atoms with Crippen molar-refractivity contribution in [2.75, 3.05) is 37.6 Å². The third-order valence-electron chi connectivity index (χ3n) is 8.33. The monoisotopic (exact) mass is 567 g/mol. The molecule has 2 aliphatic heterocycles. The molecule has 2 unspecified atom stereocenters. The van der Waals surface area contributed by atoms with Crippen molar-refractivity contribution in [1.29, 1.82) is 0 Å². The highest BCUT2D eigenvalue weighted by molar-refractivity contribution is 7.39. The Balaban J connectivity index is 1.30. The molecule has 210 valence electrons. The molecule has 1 aromatic heterocycles. The summed E-state index contributed by atoms with van der Waals surface area (Å²) in [6, 6.07) is 25.5. The lowest BCUT2D eigenvalue weighted by Crippen LogP contribution is -2.47. The fraction of sp³-hybridized carbons (Fsp3) is 0.324. The lowest BCUT2D eigenvalue weighted by molar-refractivity contribution is -0.143. The molecule has 2 atom stereocenters. The minimum Gasteiger partial charge on any atom is -0.466 e. The summed E-state index contributed by atoms with van der Waals surface area (Å²) in [5.74, 6) is 0.459. The zero-order chi connectivity index (χ0) is 27.8. The van der Waals surface area contributed by atoms with Crippen LogP contribution in [-0.2, 0) is 14.3 Å². The first kappa shape index (κ1) is 26.3. The molecule has 5 aromatic rings. The molecule has 0 spiro atoms. The largest absolute Gasteiger partial charge is 0.466 e. The van der Waals surface area contributed by atoms with Gasteiger partial charge in [-0.1, -0.05) is 72.3 Å². The lowest BCUT2D eigenvalue weighted by atomic mass is 9.82. The molecule has 0 N–H and O–H groups in total. The number of carbonyl (C=O) groups is 1. The summed E-state index contributed by atoms with van der Waals surface area (Å²) >= 11 is 0. The minimum atomic E-state index is -1.38. The van der Waals surface area contributed by atoms with E-state index in [0.29, 0.717) is 26.2 Å². The highest BCUT2D eigenvalue weighted by Gasteiger charge is 2.37. The number of piperidine rings is 1. The number of ether oxygens (including phenoxy) is 2. The van der Waals surface area contributed by atoms with Gasteiger partial charge in [-0.2, -0.15) is 0 Å². The normalized spacial score (nSPS) is 19.2. The quantitative estimate of drug-likeness (QED) is 0.117. The number of benzene rings is 4. The first-order chi connectivity index (χ1) is 20.2. The van der Waals surface area contributed by atoms with Crippen molar-refractivity contribution in [2.24, 2.45) is 11.8 Å². The Morgan fingerprint density at radius 1 is 0.878 bits per heavy atom. The summed E-state index contributed by atoms with van der Waals surface area (Å²) in [4.78, 5) is 11.8. The van der Waals surface area contributed by atoms with Crippen LogP contribution in [0.3, 0.4) is 0 Å². The molecule has 2 saturated heterocycles. The predicted molar refractivity (Wildman–Crippen MR) is 166 cm³/mol. The Labute approximate surface area is 240 Å². The minimum absolute atomic E-state index is 0.115. The van der Waals surface area contributed by atoms with Crippen LogP contribution < -0.4 is 4.67 Å². The number of carbonyl (C=O) groups excluding carboxylic acids is 1. The average molecular weight is 568 g/mol. The molecule has 0 saturated carbocycles. The molecule has 4 aromatic carbocycles. The van der Waals surface area contributed by atoms with Gasteiger partial charge in [-0.3, -0.25) is 4.79 Å². The van der Waals surface area contributed by atoms with E-state index in [1.807, 2.05) is 6.92 Å². The van der Waals surface area contributed by atoms with Gasteiger partial charge in [-0.25, -0.2) is 4.67 Å². The maximum absolute atomic E-state index is 11.8. The summed E-state index contributed by atoms with van der Waals surface area (Å²) in [6.07, 6.45) is 4.49. The number of fused-ring (bicyclic) bond motifs is 9. The first-order valence-electron chi connectivity index (χ1n) is 14.6. The van der Waals surface area contributed by atoms with Crippen molar-refractivity contribution >= 4 is 57.6 Å². The number of nitrogens with zero attached hydrogens (tertiary/aromatic N) is 1. The van der Waals surface area contributed by atoms with Crippen molar-refractivity contribution < 1.29 is 22.7 Å². The van der Waals surface area contributed by atoms with E-state index in [2.05, 4.69) is 83.5 Å². The highest BCUT2D eigenvalue weighted by Crippen LogP contribution is 2.45. The molecule has 2 aliphatic rings. The third-order valence-corrected chi connectivity index (χ3v) is 9.82. The zero-order valence-electron chi connectivity index (χ0n) is 23.3. The van der Waals surface area contributed by atoms with Crippen molar-refractivity contribution in [3.05, 3.63) is 84.4 Å². The highest BCUT2D eigenvalue weighted by atomic mass is 31.1. The van der Waals surface area contributed by atoms with Gasteiger partial charge in [0.05, 0.1) is 19.8 Å². The van der Waals surface area contributed by atoms with Gasteiger partial charge in [0, 0.05) is 42.1 Å². The summed E-state index contributed by atoms with van der Waals surface area (Å²) in [5.41, 5.74) is 3.19. The van der Waals surface area contributed by atoms with Crippen LogP contribution in [0, 0.1) is 11.8 Å². The lowest BCUT2D eigenvalue weighted by Gasteiger charge is -2.41. The molecule has 41 heavy (non-hydrogen) atoms. The molecule has 2 fully saturated rings. The van der Waals surface area contributed by atoms with Crippen LogP contribution in [0.1, 0.15) is 26.2 Å². The van der Waals surface area contributed by atoms with Crippen molar-refractivity contribution in [3.8, 4) is 0 Å². The number of unbranched alkanes of at least 4 members (excludes halogenated alkanes) is 1. The van der Waals surface area contributed by atoms with Crippen molar-refractivity contribution in [2.45, 2.75) is 26.2 Å². The summed E-state index contributed by atoms with van der Waals surface area (Å²) < 4.78 is 27.2. The second-order valence-electron chi connectivity index (χ2n) is 10.9. The van der Waals surface area contributed by atoms with Crippen LogP contribution in [0.15, 0.2) is 92.8 Å². The predicted octanol–water partition coefficient (Wildman–Crippen LogP) is 8.47. The molecule has 0 radical (unpaired) electrons. The van der Waals surface area contributed by atoms with Gasteiger partial charge in [0.1, 0.15) is 11.2 Å². The van der Waals surface area contributed by atoms with Gasteiger partial charge in [-0.05, 0) is 53.4 Å². The van der Waals surface area contributed by atoms with E-state index in [-0.39, 0.29) is 17.8 Å². The third kappa shape index (κ3) is 5.05. The molecule has 7 heteroatoms. The van der Waals surface area contributed by atoms with E-state index in [9.17, 15) is 4.79 Å². The van der Waals surface area contributed by atoms with Crippen LogP contribution in [0.25, 0.3) is 43.5 Å². The number of esters is 1. The maximum atomic E-state index is 11.8. The number of hydrogen-bond donors (Lipinski definition) is 0. The van der Waals surface area contributed by atoms with Gasteiger partial charge in [-0.15, -0.1) is 0 Å². The standard InChI is InChI=1S/C34H34NO5P/c1-2-38-32(36)14-8-7-11-27-25-19-35(20-26(27)22-37-21-25)41-39-30-17-15-23-9-3-5-12-28(23)33(30)34-29-13-6-4-10-24(29)16-18-31(34)40-41/h3-6,9-13,15-18,25-26H,2,7-8,14,19-22H2,1H3. The second-order valence-corrected chi connectivity index (χ2v) is 12.4. The van der Waals surface area contributed by atoms with Crippen LogP contribution in [0.2, 0.25) is 0 Å². The summed E-state index contributed by atoms with van der Waals surface area (Å²) in [6.45, 7) is 5.31. The van der Waals surface area contributed by atoms with Crippen molar-refractivity contribution in [3.63, 3.8) is 0 Å². The van der Waals surface area contributed by atoms with Crippen molar-refractivity contribution in [1.82, 2.24) is 0 Å². The molecule has 6 nitrogen and oxygen atoms in total. The number of rotatable bonds is 6. The Morgan fingerprint density at radius 3 is 2.05 bits per heavy atom. The van der Waals surface area contributed by atoms with Gasteiger partial charge in [0.25, 0.3) is 0 Å². The fourth-order valence-electron chi connectivity index (χ4n) is 6.47. The molecule has 7 rings (SSSR count). The van der Waals surface area contributed by atoms with Gasteiger partial charge < -0.3 is 17.9 Å². The molecule has 0 aliphatic carbocycles. The second kappa shape index (κ2) is 11.4. The maximum Gasteiger partial charge on any atom is 0.309 e.